The van der Waals surface area contributed by atoms with E-state index in [4.69, 9.17) is 5.11 Å². The van der Waals surface area contributed by atoms with E-state index in [2.05, 4.69) is 18.6 Å². The molecule has 0 spiro atoms. The molecule has 1 rings (SSSR count). The van der Waals surface area contributed by atoms with Crippen LogP contribution in [0.2, 0.25) is 0 Å². The molecular weight excluding hydrogens is 252 g/mol. The van der Waals surface area contributed by atoms with Crippen molar-refractivity contribution in [3.05, 3.63) is 18.0 Å². The third kappa shape index (κ3) is 3.57. The molecule has 0 aliphatic rings. The molecule has 2 N–H and O–H groups in total. The number of rotatable bonds is 7. The summed E-state index contributed by atoms with van der Waals surface area (Å²) in [5.74, 6) is 0.362. The zero-order valence-electron chi connectivity index (χ0n) is 11.2. The van der Waals surface area contributed by atoms with Gasteiger partial charge in [0.1, 0.15) is 0 Å². The molecule has 1 heterocycles. The quantitative estimate of drug-likeness (QED) is 0.785. The van der Waals surface area contributed by atoms with Crippen molar-refractivity contribution in [2.45, 2.75) is 38.2 Å². The van der Waals surface area contributed by atoms with Crippen LogP contribution in [0.15, 0.2) is 17.2 Å². The Hall–Kier alpha value is -0.850. The minimum Gasteiger partial charge on any atom is -0.390 e. The van der Waals surface area contributed by atoms with E-state index in [1.807, 2.05) is 0 Å². The van der Waals surface area contributed by atoms with Gasteiger partial charge in [0.2, 0.25) is 10.0 Å². The van der Waals surface area contributed by atoms with Crippen LogP contribution in [0.4, 0.5) is 0 Å². The molecule has 0 amide bonds. The Morgan fingerprint density at radius 2 is 2.00 bits per heavy atom. The van der Waals surface area contributed by atoms with Gasteiger partial charge in [-0.25, -0.2) is 13.1 Å². The fourth-order valence-corrected chi connectivity index (χ4v) is 2.98. The van der Waals surface area contributed by atoms with Crippen molar-refractivity contribution in [1.29, 1.82) is 0 Å². The lowest BCUT2D eigenvalue weighted by atomic mass is 10.0. The van der Waals surface area contributed by atoms with E-state index in [0.29, 0.717) is 18.2 Å². The van der Waals surface area contributed by atoms with Gasteiger partial charge in [-0.2, -0.15) is 0 Å². The highest BCUT2D eigenvalue weighted by molar-refractivity contribution is 7.89. The third-order valence-electron chi connectivity index (χ3n) is 3.27. The van der Waals surface area contributed by atoms with Crippen molar-refractivity contribution in [2.24, 2.45) is 13.0 Å². The summed E-state index contributed by atoms with van der Waals surface area (Å²) in [4.78, 5) is 0.208. The van der Waals surface area contributed by atoms with Gasteiger partial charge in [0.25, 0.3) is 0 Å². The van der Waals surface area contributed by atoms with E-state index in [0.717, 1.165) is 12.8 Å². The average Bonchev–Trinajstić information content (AvgIpc) is 2.72. The highest BCUT2D eigenvalue weighted by Gasteiger charge is 2.18. The molecule has 0 aromatic carbocycles. The van der Waals surface area contributed by atoms with Crippen LogP contribution in [-0.2, 0) is 23.7 Å². The Morgan fingerprint density at radius 3 is 2.44 bits per heavy atom. The molecule has 0 fully saturated rings. The molecule has 5 nitrogen and oxygen atoms in total. The summed E-state index contributed by atoms with van der Waals surface area (Å²) >= 11 is 0. The van der Waals surface area contributed by atoms with Gasteiger partial charge < -0.3 is 9.67 Å². The number of sulfonamides is 1. The largest absolute Gasteiger partial charge is 0.390 e. The second-order valence-corrected chi connectivity index (χ2v) is 6.24. The van der Waals surface area contributed by atoms with E-state index in [1.54, 1.807) is 11.6 Å². The standard InChI is InChI=1S/C12H22N2O3S/c1-4-10(5-2)7-13-18(16,17)12-6-11(9-15)14(3)8-12/h6,8,10,13,15H,4-5,7,9H2,1-3H3. The number of hydrogen-bond donors (Lipinski definition) is 2. The molecule has 104 valence electrons. The predicted octanol–water partition coefficient (Wildman–Crippen LogP) is 1.23. The first-order valence-electron chi connectivity index (χ1n) is 6.20. The summed E-state index contributed by atoms with van der Waals surface area (Å²) in [7, 11) is -1.76. The van der Waals surface area contributed by atoms with Crippen LogP contribution >= 0.6 is 0 Å². The maximum atomic E-state index is 12.0. The van der Waals surface area contributed by atoms with Crippen molar-refractivity contribution >= 4 is 10.0 Å². The van der Waals surface area contributed by atoms with Crippen LogP contribution in [0.25, 0.3) is 0 Å². The van der Waals surface area contributed by atoms with E-state index in [-0.39, 0.29) is 11.5 Å². The topological polar surface area (TPSA) is 71.3 Å². The van der Waals surface area contributed by atoms with Gasteiger partial charge in [0.15, 0.2) is 0 Å². The van der Waals surface area contributed by atoms with Crippen molar-refractivity contribution in [3.8, 4) is 0 Å². The van der Waals surface area contributed by atoms with Crippen molar-refractivity contribution < 1.29 is 13.5 Å². The smallest absolute Gasteiger partial charge is 0.242 e. The third-order valence-corrected chi connectivity index (χ3v) is 4.66. The molecule has 0 aliphatic heterocycles. The second kappa shape index (κ2) is 6.36. The molecule has 0 atom stereocenters. The van der Waals surface area contributed by atoms with Gasteiger partial charge >= 0.3 is 0 Å². The number of aromatic nitrogens is 1. The second-order valence-electron chi connectivity index (χ2n) is 4.47. The summed E-state index contributed by atoms with van der Waals surface area (Å²) in [6.45, 7) is 4.39. The zero-order valence-corrected chi connectivity index (χ0v) is 12.0. The fraction of sp³-hybridized carbons (Fsp3) is 0.667. The normalized spacial score (nSPS) is 12.3. The first-order valence-corrected chi connectivity index (χ1v) is 7.68. The zero-order chi connectivity index (χ0) is 13.8. The highest BCUT2D eigenvalue weighted by Crippen LogP contribution is 2.14. The minimum absolute atomic E-state index is 0.168. The Kier molecular flexibility index (Phi) is 5.37. The maximum Gasteiger partial charge on any atom is 0.242 e. The monoisotopic (exact) mass is 274 g/mol. The number of aliphatic hydroxyl groups is 1. The Labute approximate surface area is 109 Å². The number of nitrogens with one attached hydrogen (secondary N) is 1. The highest BCUT2D eigenvalue weighted by atomic mass is 32.2. The van der Waals surface area contributed by atoms with Crippen LogP contribution in [0.5, 0.6) is 0 Å². The van der Waals surface area contributed by atoms with Gasteiger partial charge in [-0.3, -0.25) is 0 Å². The summed E-state index contributed by atoms with van der Waals surface area (Å²) in [6, 6.07) is 1.50. The summed E-state index contributed by atoms with van der Waals surface area (Å²) in [5, 5.41) is 9.06. The molecule has 0 saturated heterocycles. The summed E-state index contributed by atoms with van der Waals surface area (Å²) < 4.78 is 28.3. The Bertz CT molecular complexity index is 476. The SMILES string of the molecule is CCC(CC)CNS(=O)(=O)c1cc(CO)n(C)c1. The summed E-state index contributed by atoms with van der Waals surface area (Å²) in [5.41, 5.74) is 0.581. The predicted molar refractivity (Wildman–Crippen MR) is 70.6 cm³/mol. The molecule has 0 aliphatic carbocycles. The van der Waals surface area contributed by atoms with Crippen LogP contribution in [0.3, 0.4) is 0 Å². The van der Waals surface area contributed by atoms with E-state index >= 15 is 0 Å². The lowest BCUT2D eigenvalue weighted by Gasteiger charge is -2.12. The molecule has 0 unspecified atom stereocenters. The lowest BCUT2D eigenvalue weighted by molar-refractivity contribution is 0.272. The fourth-order valence-electron chi connectivity index (χ4n) is 1.77. The Morgan fingerprint density at radius 1 is 1.39 bits per heavy atom. The number of aryl methyl sites for hydroxylation is 1. The van der Waals surface area contributed by atoms with E-state index in [9.17, 15) is 8.42 Å². The van der Waals surface area contributed by atoms with Crippen LogP contribution in [0.1, 0.15) is 32.4 Å². The van der Waals surface area contributed by atoms with Crippen molar-refractivity contribution in [1.82, 2.24) is 9.29 Å². The van der Waals surface area contributed by atoms with Gasteiger partial charge in [-0.1, -0.05) is 26.7 Å². The first kappa shape index (κ1) is 15.2. The van der Waals surface area contributed by atoms with Crippen LogP contribution < -0.4 is 4.72 Å². The number of aliphatic hydroxyl groups excluding tert-OH is 1. The minimum atomic E-state index is -3.47. The van der Waals surface area contributed by atoms with Gasteiger partial charge in [0, 0.05) is 25.5 Å². The average molecular weight is 274 g/mol. The van der Waals surface area contributed by atoms with Gasteiger partial charge in [0.05, 0.1) is 11.5 Å². The van der Waals surface area contributed by atoms with E-state index in [1.165, 1.54) is 12.3 Å². The molecule has 18 heavy (non-hydrogen) atoms. The summed E-state index contributed by atoms with van der Waals surface area (Å²) in [6.07, 6.45) is 3.42. The van der Waals surface area contributed by atoms with Crippen molar-refractivity contribution in [3.63, 3.8) is 0 Å². The van der Waals surface area contributed by atoms with Gasteiger partial charge in [-0.15, -0.1) is 0 Å². The molecular formula is C12H22N2O3S. The maximum absolute atomic E-state index is 12.0. The molecule has 0 bridgehead atoms. The first-order chi connectivity index (χ1) is 8.44. The van der Waals surface area contributed by atoms with Gasteiger partial charge in [-0.05, 0) is 12.0 Å². The molecule has 6 heteroatoms. The van der Waals surface area contributed by atoms with Crippen LogP contribution in [-0.4, -0.2) is 24.6 Å². The van der Waals surface area contributed by atoms with E-state index < -0.39 is 10.0 Å². The molecule has 1 aromatic rings. The molecule has 0 saturated carbocycles. The number of hydrogen-bond acceptors (Lipinski definition) is 3. The molecule has 1 aromatic heterocycles. The molecule has 0 radical (unpaired) electrons. The lowest BCUT2D eigenvalue weighted by Crippen LogP contribution is -2.28. The number of nitrogens with zero attached hydrogens (tertiary/aromatic N) is 1. The van der Waals surface area contributed by atoms with Crippen molar-refractivity contribution in [2.75, 3.05) is 6.54 Å². The van der Waals surface area contributed by atoms with Crippen LogP contribution in [0, 0.1) is 5.92 Å². The Balaban J connectivity index is 2.79.